The van der Waals surface area contributed by atoms with E-state index < -0.39 is 0 Å². The molecule has 0 fully saturated rings. The predicted octanol–water partition coefficient (Wildman–Crippen LogP) is 8.01. The van der Waals surface area contributed by atoms with Crippen molar-refractivity contribution in [2.24, 2.45) is 4.99 Å². The molecule has 0 bridgehead atoms. The molecule has 0 saturated heterocycles. The average molecular weight is 388 g/mol. The van der Waals surface area contributed by atoms with Crippen LogP contribution in [-0.4, -0.2) is 12.7 Å². The fraction of sp³-hybridized carbons (Fsp3) is 0.720. The highest BCUT2D eigenvalue weighted by Gasteiger charge is 2.13. The number of ether oxygens (including phenoxy) is 2. The van der Waals surface area contributed by atoms with Gasteiger partial charge in [0.05, 0.1) is 12.3 Å². The first kappa shape index (κ1) is 22.8. The topological polar surface area (TPSA) is 30.8 Å². The van der Waals surface area contributed by atoms with Crippen LogP contribution in [0.4, 0.5) is 5.69 Å². The Morgan fingerprint density at radius 2 is 1.39 bits per heavy atom. The van der Waals surface area contributed by atoms with E-state index in [1.165, 1.54) is 89.0 Å². The number of aryl methyl sites for hydroxylation is 1. The van der Waals surface area contributed by atoms with E-state index in [0.29, 0.717) is 19.3 Å². The summed E-state index contributed by atoms with van der Waals surface area (Å²) in [5.41, 5.74) is 3.36. The zero-order chi connectivity index (χ0) is 19.9. The molecule has 0 unspecified atom stereocenters. The zero-order valence-corrected chi connectivity index (χ0v) is 18.3. The maximum absolute atomic E-state index is 5.70. The Balaban J connectivity index is 1.38. The van der Waals surface area contributed by atoms with Gasteiger partial charge in [0.15, 0.2) is 0 Å². The number of fused-ring (bicyclic) bond motifs is 1. The molecule has 0 aromatic heterocycles. The molecule has 0 amide bonds. The van der Waals surface area contributed by atoms with Gasteiger partial charge in [0.1, 0.15) is 6.61 Å². The third kappa shape index (κ3) is 9.61. The Hall–Kier alpha value is -1.51. The van der Waals surface area contributed by atoms with Crippen LogP contribution in [0, 0.1) is 6.92 Å². The summed E-state index contributed by atoms with van der Waals surface area (Å²) < 4.78 is 11.3. The van der Waals surface area contributed by atoms with Gasteiger partial charge in [-0.25, -0.2) is 0 Å². The molecule has 0 radical (unpaired) electrons. The second kappa shape index (κ2) is 14.5. The Morgan fingerprint density at radius 1 is 0.821 bits per heavy atom. The fourth-order valence-corrected chi connectivity index (χ4v) is 3.74. The smallest absolute Gasteiger partial charge is 0.389 e. The first-order valence-corrected chi connectivity index (χ1v) is 11.7. The highest BCUT2D eigenvalue weighted by Crippen LogP contribution is 2.25. The van der Waals surface area contributed by atoms with Crippen molar-refractivity contribution in [2.45, 2.75) is 110 Å². The Bertz CT molecular complexity index is 568. The highest BCUT2D eigenvalue weighted by molar-refractivity contribution is 5.74. The monoisotopic (exact) mass is 387 g/mol. The molecule has 3 nitrogen and oxygen atoms in total. The first-order valence-electron chi connectivity index (χ1n) is 11.7. The minimum Gasteiger partial charge on any atom is -0.450 e. The van der Waals surface area contributed by atoms with Crippen LogP contribution in [-0.2, 0) is 16.1 Å². The van der Waals surface area contributed by atoms with E-state index in [-0.39, 0.29) is 0 Å². The van der Waals surface area contributed by atoms with Crippen LogP contribution in [0.25, 0.3) is 0 Å². The molecule has 158 valence electrons. The molecule has 0 atom stereocenters. The lowest BCUT2D eigenvalue weighted by molar-refractivity contribution is 0.151. The molecule has 1 aliphatic heterocycles. The van der Waals surface area contributed by atoms with E-state index in [1.807, 2.05) is 6.07 Å². The fourth-order valence-electron chi connectivity index (χ4n) is 3.74. The summed E-state index contributed by atoms with van der Waals surface area (Å²) in [5.74, 6) is 0. The third-order valence-corrected chi connectivity index (χ3v) is 5.52. The van der Waals surface area contributed by atoms with E-state index in [2.05, 4.69) is 31.0 Å². The van der Waals surface area contributed by atoms with E-state index in [1.54, 1.807) is 0 Å². The number of nitrogens with zero attached hydrogens (tertiary/aromatic N) is 1. The second-order valence-electron chi connectivity index (χ2n) is 8.24. The number of hydrogen-bond acceptors (Lipinski definition) is 3. The van der Waals surface area contributed by atoms with Crippen LogP contribution in [0.2, 0.25) is 0 Å². The van der Waals surface area contributed by atoms with E-state index >= 15 is 0 Å². The van der Waals surface area contributed by atoms with Crippen molar-refractivity contribution < 1.29 is 9.47 Å². The molecule has 0 saturated carbocycles. The summed E-state index contributed by atoms with van der Waals surface area (Å²) in [6.07, 6.45) is 19.6. The maximum atomic E-state index is 5.70. The van der Waals surface area contributed by atoms with Crippen molar-refractivity contribution in [3.05, 3.63) is 29.3 Å². The number of benzene rings is 1. The molecule has 0 N–H and O–H groups in total. The molecule has 1 aromatic carbocycles. The second-order valence-corrected chi connectivity index (χ2v) is 8.24. The molecule has 0 spiro atoms. The van der Waals surface area contributed by atoms with Gasteiger partial charge in [0.2, 0.25) is 0 Å². The van der Waals surface area contributed by atoms with Gasteiger partial charge in [0, 0.05) is 5.56 Å². The standard InChI is InChI=1S/C25H41NO2/c1-3-4-5-6-7-8-9-10-11-12-13-14-15-16-19-27-25-26-24-18-17-22(2)20-23(24)21-28-25/h17-18,20H,3-16,19,21H2,1-2H3. The van der Waals surface area contributed by atoms with Gasteiger partial charge in [-0.15, -0.1) is 0 Å². The minimum absolute atomic E-state index is 0.436. The van der Waals surface area contributed by atoms with Crippen molar-refractivity contribution >= 4 is 11.8 Å². The van der Waals surface area contributed by atoms with Gasteiger partial charge in [-0.1, -0.05) is 108 Å². The molecule has 1 aromatic rings. The largest absolute Gasteiger partial charge is 0.450 e. The number of hydrogen-bond donors (Lipinski definition) is 0. The van der Waals surface area contributed by atoms with Crippen molar-refractivity contribution in [2.75, 3.05) is 6.61 Å². The van der Waals surface area contributed by atoms with Gasteiger partial charge in [-0.05, 0) is 19.4 Å². The summed E-state index contributed by atoms with van der Waals surface area (Å²) in [4.78, 5) is 4.46. The van der Waals surface area contributed by atoms with E-state index in [9.17, 15) is 0 Å². The lowest BCUT2D eigenvalue weighted by Gasteiger charge is -2.17. The van der Waals surface area contributed by atoms with Crippen LogP contribution < -0.4 is 0 Å². The number of rotatable bonds is 15. The SMILES string of the molecule is CCCCCCCCCCCCCCCCOC1=Nc2ccc(C)cc2CO1. The summed E-state index contributed by atoms with van der Waals surface area (Å²) in [7, 11) is 0. The van der Waals surface area contributed by atoms with Crippen molar-refractivity contribution in [1.82, 2.24) is 0 Å². The van der Waals surface area contributed by atoms with Gasteiger partial charge >= 0.3 is 6.08 Å². The van der Waals surface area contributed by atoms with Crippen LogP contribution in [0.5, 0.6) is 0 Å². The Labute approximate surface area is 172 Å². The van der Waals surface area contributed by atoms with Crippen LogP contribution >= 0.6 is 0 Å². The lowest BCUT2D eigenvalue weighted by atomic mass is 10.0. The van der Waals surface area contributed by atoms with Crippen LogP contribution in [0.1, 0.15) is 108 Å². The van der Waals surface area contributed by atoms with E-state index in [0.717, 1.165) is 17.7 Å². The third-order valence-electron chi connectivity index (χ3n) is 5.52. The zero-order valence-electron chi connectivity index (χ0n) is 18.3. The van der Waals surface area contributed by atoms with Crippen molar-refractivity contribution in [1.29, 1.82) is 0 Å². The summed E-state index contributed by atoms with van der Waals surface area (Å²) in [6, 6.07) is 6.26. The number of aliphatic imine (C=N–C) groups is 1. The maximum Gasteiger partial charge on any atom is 0.389 e. The lowest BCUT2D eigenvalue weighted by Crippen LogP contribution is -2.14. The molecule has 28 heavy (non-hydrogen) atoms. The summed E-state index contributed by atoms with van der Waals surface area (Å²) >= 11 is 0. The van der Waals surface area contributed by atoms with Gasteiger partial charge < -0.3 is 9.47 Å². The normalized spacial score (nSPS) is 13.0. The van der Waals surface area contributed by atoms with E-state index in [4.69, 9.17) is 9.47 Å². The molecular formula is C25H41NO2. The molecule has 1 aliphatic rings. The molecule has 1 heterocycles. The molecule has 0 aliphatic carbocycles. The highest BCUT2D eigenvalue weighted by atomic mass is 16.7. The summed E-state index contributed by atoms with van der Waals surface area (Å²) in [5, 5.41) is 0. The van der Waals surface area contributed by atoms with Gasteiger partial charge in [-0.2, -0.15) is 4.99 Å². The quantitative estimate of drug-likeness (QED) is 0.285. The van der Waals surface area contributed by atoms with Crippen LogP contribution in [0.15, 0.2) is 23.2 Å². The first-order chi connectivity index (χ1) is 13.8. The van der Waals surface area contributed by atoms with Gasteiger partial charge in [-0.3, -0.25) is 0 Å². The number of unbranched alkanes of at least 4 members (excludes halogenated alkanes) is 13. The molecule has 3 heteroatoms. The van der Waals surface area contributed by atoms with Crippen LogP contribution in [0.3, 0.4) is 0 Å². The van der Waals surface area contributed by atoms with Gasteiger partial charge in [0.25, 0.3) is 0 Å². The molecule has 2 rings (SSSR count). The van der Waals surface area contributed by atoms with Crippen molar-refractivity contribution in [3.63, 3.8) is 0 Å². The summed E-state index contributed by atoms with van der Waals surface area (Å²) in [6.45, 7) is 5.64. The predicted molar refractivity (Wildman–Crippen MR) is 119 cm³/mol. The molecular weight excluding hydrogens is 346 g/mol. The minimum atomic E-state index is 0.436. The van der Waals surface area contributed by atoms with Crippen molar-refractivity contribution in [3.8, 4) is 0 Å². The average Bonchev–Trinajstić information content (AvgIpc) is 2.71. The Morgan fingerprint density at radius 3 is 2.00 bits per heavy atom. The Kier molecular flexibility index (Phi) is 11.8.